The minimum atomic E-state index is -0.369. The van der Waals surface area contributed by atoms with Gasteiger partial charge in [0.2, 0.25) is 0 Å². The van der Waals surface area contributed by atoms with Crippen molar-refractivity contribution in [3.8, 4) is 0 Å². The first-order chi connectivity index (χ1) is 9.56. The van der Waals surface area contributed by atoms with Gasteiger partial charge in [-0.05, 0) is 30.2 Å². The summed E-state index contributed by atoms with van der Waals surface area (Å²) in [5.74, 6) is 0.708. The second-order valence-corrected chi connectivity index (χ2v) is 5.62. The SMILES string of the molecule is CC(N)c1ccc(SCc2cccc([N+](=O)[O-])c2)cc1. The van der Waals surface area contributed by atoms with Crippen molar-refractivity contribution in [1.82, 2.24) is 0 Å². The minimum Gasteiger partial charge on any atom is -0.324 e. The molecule has 0 saturated carbocycles. The molecular weight excluding hydrogens is 272 g/mol. The predicted octanol–water partition coefficient (Wildman–Crippen LogP) is 3.91. The quantitative estimate of drug-likeness (QED) is 0.514. The number of benzene rings is 2. The van der Waals surface area contributed by atoms with E-state index in [-0.39, 0.29) is 16.7 Å². The molecule has 0 aliphatic rings. The molecule has 0 saturated heterocycles. The molecular formula is C15H16N2O2S. The summed E-state index contributed by atoms with van der Waals surface area (Å²) in [6, 6.07) is 14.9. The minimum absolute atomic E-state index is 0.0332. The van der Waals surface area contributed by atoms with E-state index in [1.54, 1.807) is 23.9 Å². The van der Waals surface area contributed by atoms with Crippen LogP contribution in [0.1, 0.15) is 24.1 Å². The monoisotopic (exact) mass is 288 g/mol. The molecule has 0 amide bonds. The van der Waals surface area contributed by atoms with Gasteiger partial charge in [0.25, 0.3) is 5.69 Å². The summed E-state index contributed by atoms with van der Waals surface area (Å²) in [4.78, 5) is 11.5. The summed E-state index contributed by atoms with van der Waals surface area (Å²) >= 11 is 1.65. The van der Waals surface area contributed by atoms with Crippen molar-refractivity contribution in [2.75, 3.05) is 0 Å². The molecule has 0 heterocycles. The fraction of sp³-hybridized carbons (Fsp3) is 0.200. The third-order valence-corrected chi connectivity index (χ3v) is 4.02. The summed E-state index contributed by atoms with van der Waals surface area (Å²) < 4.78 is 0. The van der Waals surface area contributed by atoms with Crippen molar-refractivity contribution in [3.63, 3.8) is 0 Å². The Kier molecular flexibility index (Phi) is 4.76. The number of hydrogen-bond donors (Lipinski definition) is 1. The molecule has 2 N–H and O–H groups in total. The number of rotatable bonds is 5. The predicted molar refractivity (Wildman–Crippen MR) is 81.7 cm³/mol. The first kappa shape index (κ1) is 14.6. The van der Waals surface area contributed by atoms with Crippen LogP contribution in [0.2, 0.25) is 0 Å². The molecule has 1 atom stereocenters. The zero-order valence-electron chi connectivity index (χ0n) is 11.2. The standard InChI is InChI=1S/C15H16N2O2S/c1-11(16)13-5-7-15(8-6-13)20-10-12-3-2-4-14(9-12)17(18)19/h2-9,11H,10,16H2,1H3. The Morgan fingerprint density at radius 1 is 1.25 bits per heavy atom. The molecule has 2 rings (SSSR count). The lowest BCUT2D eigenvalue weighted by Crippen LogP contribution is -2.04. The molecule has 0 fully saturated rings. The molecule has 2 aromatic rings. The Balaban J connectivity index is 2.01. The summed E-state index contributed by atoms with van der Waals surface area (Å²) in [6.07, 6.45) is 0. The molecule has 104 valence electrons. The van der Waals surface area contributed by atoms with E-state index in [2.05, 4.69) is 0 Å². The molecule has 20 heavy (non-hydrogen) atoms. The second-order valence-electron chi connectivity index (χ2n) is 4.57. The highest BCUT2D eigenvalue weighted by atomic mass is 32.2. The van der Waals surface area contributed by atoms with Gasteiger partial charge in [-0.15, -0.1) is 11.8 Å². The van der Waals surface area contributed by atoms with E-state index < -0.39 is 0 Å². The Morgan fingerprint density at radius 2 is 1.95 bits per heavy atom. The fourth-order valence-corrected chi connectivity index (χ4v) is 2.64. The number of nitro benzene ring substituents is 1. The highest BCUT2D eigenvalue weighted by molar-refractivity contribution is 7.98. The van der Waals surface area contributed by atoms with E-state index in [0.29, 0.717) is 5.75 Å². The molecule has 2 aromatic carbocycles. The lowest BCUT2D eigenvalue weighted by atomic mass is 10.1. The Morgan fingerprint density at radius 3 is 2.55 bits per heavy atom. The van der Waals surface area contributed by atoms with Gasteiger partial charge in [0, 0.05) is 28.8 Å². The summed E-state index contributed by atoms with van der Waals surface area (Å²) in [7, 11) is 0. The first-order valence-corrected chi connectivity index (χ1v) is 7.26. The average Bonchev–Trinajstić information content (AvgIpc) is 2.46. The lowest BCUT2D eigenvalue weighted by Gasteiger charge is -2.07. The lowest BCUT2D eigenvalue weighted by molar-refractivity contribution is -0.384. The molecule has 1 unspecified atom stereocenters. The van der Waals surface area contributed by atoms with Crippen LogP contribution in [0, 0.1) is 10.1 Å². The van der Waals surface area contributed by atoms with Gasteiger partial charge in [-0.1, -0.05) is 24.3 Å². The normalized spacial score (nSPS) is 12.1. The van der Waals surface area contributed by atoms with Crippen LogP contribution in [0.3, 0.4) is 0 Å². The number of nitrogens with two attached hydrogens (primary N) is 1. The molecule has 0 aliphatic carbocycles. The number of thioether (sulfide) groups is 1. The van der Waals surface area contributed by atoms with Gasteiger partial charge >= 0.3 is 0 Å². The summed E-state index contributed by atoms with van der Waals surface area (Å²) in [6.45, 7) is 1.95. The van der Waals surface area contributed by atoms with E-state index >= 15 is 0 Å². The number of hydrogen-bond acceptors (Lipinski definition) is 4. The van der Waals surface area contributed by atoms with Gasteiger partial charge in [-0.25, -0.2) is 0 Å². The van der Waals surface area contributed by atoms with Crippen LogP contribution in [0.5, 0.6) is 0 Å². The molecule has 0 bridgehead atoms. The van der Waals surface area contributed by atoms with Gasteiger partial charge in [-0.2, -0.15) is 0 Å². The maximum atomic E-state index is 10.7. The average molecular weight is 288 g/mol. The summed E-state index contributed by atoms with van der Waals surface area (Å²) in [5.41, 5.74) is 7.98. The van der Waals surface area contributed by atoms with Gasteiger partial charge in [0.15, 0.2) is 0 Å². The van der Waals surface area contributed by atoms with Crippen LogP contribution in [-0.2, 0) is 5.75 Å². The first-order valence-electron chi connectivity index (χ1n) is 6.28. The molecule has 0 spiro atoms. The topological polar surface area (TPSA) is 69.2 Å². The molecule has 4 nitrogen and oxygen atoms in total. The van der Waals surface area contributed by atoms with Crippen molar-refractivity contribution < 1.29 is 4.92 Å². The van der Waals surface area contributed by atoms with E-state index in [1.165, 1.54) is 6.07 Å². The van der Waals surface area contributed by atoms with Crippen LogP contribution < -0.4 is 5.73 Å². The summed E-state index contributed by atoms with van der Waals surface area (Å²) in [5, 5.41) is 10.7. The van der Waals surface area contributed by atoms with Crippen LogP contribution in [0.4, 0.5) is 5.69 Å². The number of nitro groups is 1. The fourth-order valence-electron chi connectivity index (χ4n) is 1.79. The van der Waals surface area contributed by atoms with Crippen molar-refractivity contribution in [1.29, 1.82) is 0 Å². The van der Waals surface area contributed by atoms with Gasteiger partial charge < -0.3 is 5.73 Å². The Hall–Kier alpha value is -1.85. The smallest absolute Gasteiger partial charge is 0.269 e. The van der Waals surface area contributed by atoms with Crippen molar-refractivity contribution in [2.45, 2.75) is 23.6 Å². The van der Waals surface area contributed by atoms with E-state index in [1.807, 2.05) is 37.3 Å². The second kappa shape index (κ2) is 6.54. The highest BCUT2D eigenvalue weighted by Gasteiger charge is 2.06. The van der Waals surface area contributed by atoms with Crippen LogP contribution in [0.25, 0.3) is 0 Å². The zero-order chi connectivity index (χ0) is 14.5. The molecule has 0 aliphatic heterocycles. The van der Waals surface area contributed by atoms with Crippen LogP contribution >= 0.6 is 11.8 Å². The maximum absolute atomic E-state index is 10.7. The Bertz CT molecular complexity index is 597. The number of non-ortho nitro benzene ring substituents is 1. The van der Waals surface area contributed by atoms with Gasteiger partial charge in [-0.3, -0.25) is 10.1 Å². The zero-order valence-corrected chi connectivity index (χ0v) is 12.0. The molecule has 0 aromatic heterocycles. The van der Waals surface area contributed by atoms with E-state index in [4.69, 9.17) is 5.73 Å². The largest absolute Gasteiger partial charge is 0.324 e. The third kappa shape index (κ3) is 3.82. The number of nitrogens with zero attached hydrogens (tertiary/aromatic N) is 1. The van der Waals surface area contributed by atoms with Gasteiger partial charge in [0.05, 0.1) is 4.92 Å². The third-order valence-electron chi connectivity index (χ3n) is 2.93. The van der Waals surface area contributed by atoms with E-state index in [9.17, 15) is 10.1 Å². The Labute approximate surface area is 122 Å². The van der Waals surface area contributed by atoms with Crippen LogP contribution in [-0.4, -0.2) is 4.92 Å². The highest BCUT2D eigenvalue weighted by Crippen LogP contribution is 2.25. The van der Waals surface area contributed by atoms with Crippen molar-refractivity contribution in [2.24, 2.45) is 5.73 Å². The van der Waals surface area contributed by atoms with Crippen LogP contribution in [0.15, 0.2) is 53.4 Å². The maximum Gasteiger partial charge on any atom is 0.269 e. The molecule has 5 heteroatoms. The van der Waals surface area contributed by atoms with Gasteiger partial charge in [0.1, 0.15) is 0 Å². The van der Waals surface area contributed by atoms with Crippen molar-refractivity contribution >= 4 is 17.4 Å². The molecule has 0 radical (unpaired) electrons. The van der Waals surface area contributed by atoms with E-state index in [0.717, 1.165) is 16.0 Å². The van der Waals surface area contributed by atoms with Crippen molar-refractivity contribution in [3.05, 3.63) is 69.8 Å².